The third-order valence-corrected chi connectivity index (χ3v) is 4.78. The molecule has 6 nitrogen and oxygen atoms in total. The number of hydrogen-bond donors (Lipinski definition) is 2. The Hall–Kier alpha value is -2.06. The lowest BCUT2D eigenvalue weighted by atomic mass is 10.1. The van der Waals surface area contributed by atoms with Gasteiger partial charge in [0.25, 0.3) is 0 Å². The normalized spacial score (nSPS) is 15.7. The summed E-state index contributed by atoms with van der Waals surface area (Å²) in [5.41, 5.74) is 3.37. The van der Waals surface area contributed by atoms with Gasteiger partial charge in [-0.05, 0) is 36.1 Å². The summed E-state index contributed by atoms with van der Waals surface area (Å²) in [6.45, 7) is 2.05. The van der Waals surface area contributed by atoms with Crippen LogP contribution in [-0.4, -0.2) is 25.9 Å². The molecule has 1 aromatic carbocycles. The van der Waals surface area contributed by atoms with Gasteiger partial charge >= 0.3 is 0 Å². The highest BCUT2D eigenvalue weighted by Crippen LogP contribution is 2.40. The van der Waals surface area contributed by atoms with Crippen LogP contribution in [0.15, 0.2) is 46.2 Å². The van der Waals surface area contributed by atoms with Crippen LogP contribution in [0.5, 0.6) is 5.88 Å². The quantitative estimate of drug-likeness (QED) is 0.636. The zero-order chi connectivity index (χ0) is 16.5. The molecule has 0 saturated carbocycles. The number of ether oxygens (including phenoxy) is 1. The van der Waals surface area contributed by atoms with Crippen LogP contribution in [0, 0.1) is 0 Å². The van der Waals surface area contributed by atoms with E-state index >= 15 is 0 Å². The maximum atomic E-state index is 6.13. The van der Waals surface area contributed by atoms with E-state index in [9.17, 15) is 0 Å². The van der Waals surface area contributed by atoms with E-state index in [1.807, 2.05) is 36.5 Å². The molecular formula is C16H14BrN5OS. The van der Waals surface area contributed by atoms with Gasteiger partial charge in [-0.2, -0.15) is 4.98 Å². The molecule has 0 bridgehead atoms. The molecule has 1 aliphatic heterocycles. The second-order valence-corrected chi connectivity index (χ2v) is 7.29. The highest BCUT2D eigenvalue weighted by Gasteiger charge is 2.26. The van der Waals surface area contributed by atoms with Crippen LogP contribution in [-0.2, 0) is 0 Å². The predicted molar refractivity (Wildman–Crippen MR) is 97.1 cm³/mol. The van der Waals surface area contributed by atoms with Crippen molar-refractivity contribution < 1.29 is 4.74 Å². The molecule has 3 heterocycles. The summed E-state index contributed by atoms with van der Waals surface area (Å²) in [5, 5.41) is 12.6. The van der Waals surface area contributed by atoms with Gasteiger partial charge in [-0.15, -0.1) is 10.2 Å². The first-order valence-electron chi connectivity index (χ1n) is 7.48. The Morgan fingerprint density at radius 2 is 2.21 bits per heavy atom. The van der Waals surface area contributed by atoms with Gasteiger partial charge in [0.15, 0.2) is 5.69 Å². The number of aromatic nitrogens is 4. The lowest BCUT2D eigenvalue weighted by Crippen LogP contribution is -2.17. The highest BCUT2D eigenvalue weighted by atomic mass is 79.9. The number of halogens is 1. The van der Waals surface area contributed by atoms with E-state index < -0.39 is 0 Å². The molecule has 0 amide bonds. The largest absolute Gasteiger partial charge is 0.446 e. The van der Waals surface area contributed by atoms with Crippen molar-refractivity contribution in [2.75, 3.05) is 11.1 Å². The smallest absolute Gasteiger partial charge is 0.247 e. The first-order valence-corrected chi connectivity index (χ1v) is 9.26. The number of rotatable bonds is 3. The molecule has 4 rings (SSSR count). The molecule has 0 radical (unpaired) electrons. The van der Waals surface area contributed by atoms with Crippen LogP contribution in [0.4, 0.5) is 5.69 Å². The lowest BCUT2D eigenvalue weighted by Gasteiger charge is -2.17. The standard InChI is InChI=1S/C16H14BrN5OS/c1-2-24-16-20-15-13(21-22-16)10-8-9(17)5-6-11(10)19-14(23-15)12-4-3-7-18-12/h3-8,14,18-19H,2H2,1H3. The number of hydrogen-bond acceptors (Lipinski definition) is 6. The average molecular weight is 404 g/mol. The van der Waals surface area contributed by atoms with Crippen molar-refractivity contribution in [3.8, 4) is 17.1 Å². The molecule has 122 valence electrons. The second kappa shape index (κ2) is 6.45. The van der Waals surface area contributed by atoms with Gasteiger partial charge in [0.05, 0.1) is 5.69 Å². The average Bonchev–Trinajstić information content (AvgIpc) is 3.06. The number of H-pyrrole nitrogens is 1. The van der Waals surface area contributed by atoms with Gasteiger partial charge in [-0.25, -0.2) is 0 Å². The summed E-state index contributed by atoms with van der Waals surface area (Å²) >= 11 is 5.05. The van der Waals surface area contributed by atoms with E-state index in [1.54, 1.807) is 0 Å². The minimum Gasteiger partial charge on any atom is -0.446 e. The Kier molecular flexibility index (Phi) is 4.15. The summed E-state index contributed by atoms with van der Waals surface area (Å²) in [7, 11) is 0. The number of anilines is 1. The van der Waals surface area contributed by atoms with Crippen molar-refractivity contribution in [1.82, 2.24) is 20.2 Å². The zero-order valence-corrected chi connectivity index (χ0v) is 15.2. The van der Waals surface area contributed by atoms with Gasteiger partial charge in [0, 0.05) is 21.9 Å². The maximum Gasteiger partial charge on any atom is 0.247 e. The van der Waals surface area contributed by atoms with Crippen molar-refractivity contribution in [3.63, 3.8) is 0 Å². The molecule has 0 spiro atoms. The van der Waals surface area contributed by atoms with Gasteiger partial charge in [0.1, 0.15) is 0 Å². The van der Waals surface area contributed by atoms with E-state index in [2.05, 4.69) is 48.3 Å². The van der Waals surface area contributed by atoms with Crippen molar-refractivity contribution >= 4 is 33.4 Å². The Balaban J connectivity index is 1.86. The number of benzene rings is 1. The molecular weight excluding hydrogens is 390 g/mol. The van der Waals surface area contributed by atoms with Crippen LogP contribution in [0.3, 0.4) is 0 Å². The molecule has 1 atom stereocenters. The molecule has 1 unspecified atom stereocenters. The van der Waals surface area contributed by atoms with Crippen LogP contribution < -0.4 is 10.1 Å². The van der Waals surface area contributed by atoms with Crippen molar-refractivity contribution in [3.05, 3.63) is 46.7 Å². The molecule has 2 N–H and O–H groups in total. The SMILES string of the molecule is CCSc1nnc2c(n1)OC(c1ccc[nH]1)Nc1ccc(Br)cc1-2. The predicted octanol–water partition coefficient (Wildman–Crippen LogP) is 4.24. The summed E-state index contributed by atoms with van der Waals surface area (Å²) in [4.78, 5) is 7.73. The van der Waals surface area contributed by atoms with Crippen LogP contribution in [0.1, 0.15) is 18.8 Å². The topological polar surface area (TPSA) is 75.7 Å². The Morgan fingerprint density at radius 3 is 3.00 bits per heavy atom. The zero-order valence-electron chi connectivity index (χ0n) is 12.8. The van der Waals surface area contributed by atoms with Crippen molar-refractivity contribution in [1.29, 1.82) is 0 Å². The molecule has 24 heavy (non-hydrogen) atoms. The summed E-state index contributed by atoms with van der Waals surface area (Å²) < 4.78 is 7.09. The van der Waals surface area contributed by atoms with Gasteiger partial charge in [-0.3, -0.25) is 0 Å². The number of nitrogens with zero attached hydrogens (tertiary/aromatic N) is 3. The van der Waals surface area contributed by atoms with E-state index in [4.69, 9.17) is 4.74 Å². The van der Waals surface area contributed by atoms with Crippen LogP contribution in [0.2, 0.25) is 0 Å². The molecule has 1 aliphatic rings. The molecule has 0 fully saturated rings. The number of nitrogens with one attached hydrogen (secondary N) is 2. The first-order chi connectivity index (χ1) is 11.7. The molecule has 8 heteroatoms. The van der Waals surface area contributed by atoms with E-state index in [1.165, 1.54) is 11.8 Å². The number of fused-ring (bicyclic) bond motifs is 3. The fourth-order valence-electron chi connectivity index (χ4n) is 2.51. The van der Waals surface area contributed by atoms with Crippen molar-refractivity contribution in [2.45, 2.75) is 18.3 Å². The number of aromatic amines is 1. The minimum absolute atomic E-state index is 0.377. The fourth-order valence-corrected chi connectivity index (χ4v) is 3.37. The minimum atomic E-state index is -0.377. The van der Waals surface area contributed by atoms with Crippen LogP contribution >= 0.6 is 27.7 Å². The number of thioether (sulfide) groups is 1. The lowest BCUT2D eigenvalue weighted by molar-refractivity contribution is 0.221. The summed E-state index contributed by atoms with van der Waals surface area (Å²) in [6.07, 6.45) is 1.49. The monoisotopic (exact) mass is 403 g/mol. The Morgan fingerprint density at radius 1 is 1.29 bits per heavy atom. The molecule has 2 aromatic heterocycles. The fraction of sp³-hybridized carbons (Fsp3) is 0.188. The highest BCUT2D eigenvalue weighted by molar-refractivity contribution is 9.10. The van der Waals surface area contributed by atoms with Crippen molar-refractivity contribution in [2.24, 2.45) is 0 Å². The molecule has 0 aliphatic carbocycles. The summed E-state index contributed by atoms with van der Waals surface area (Å²) in [6, 6.07) is 9.86. The molecule has 3 aromatic rings. The Labute approximate surface area is 151 Å². The van der Waals surface area contributed by atoms with E-state index in [0.717, 1.165) is 27.2 Å². The summed E-state index contributed by atoms with van der Waals surface area (Å²) in [5.74, 6) is 1.35. The third kappa shape index (κ3) is 2.87. The molecule has 0 saturated heterocycles. The van der Waals surface area contributed by atoms with E-state index in [0.29, 0.717) is 16.7 Å². The Bertz CT molecular complexity index is 871. The van der Waals surface area contributed by atoms with Gasteiger partial charge in [-0.1, -0.05) is 34.6 Å². The van der Waals surface area contributed by atoms with E-state index in [-0.39, 0.29) is 6.23 Å². The third-order valence-electron chi connectivity index (χ3n) is 3.57. The van der Waals surface area contributed by atoms with Crippen LogP contribution in [0.25, 0.3) is 11.3 Å². The maximum absolute atomic E-state index is 6.13. The van der Waals surface area contributed by atoms with Gasteiger partial charge < -0.3 is 15.0 Å². The van der Waals surface area contributed by atoms with Gasteiger partial charge in [0.2, 0.25) is 17.3 Å². The second-order valence-electron chi connectivity index (χ2n) is 5.14. The first kappa shape index (κ1) is 15.5.